The molecule has 1 aromatic carbocycles. The molecule has 2 heterocycles. The molecule has 0 aliphatic carbocycles. The number of carbonyl (C=O) groups excluding carboxylic acids is 2. The first kappa shape index (κ1) is 20.1. The smallest absolute Gasteiger partial charge is 0.270 e. The lowest BCUT2D eigenvalue weighted by Crippen LogP contribution is -2.51. The molecule has 1 aromatic rings. The Kier molecular flexibility index (Phi) is 5.87. The molecule has 1 N–H and O–H groups in total. The summed E-state index contributed by atoms with van der Waals surface area (Å²) < 4.78 is 5.77. The molecule has 2 aliphatic heterocycles. The van der Waals surface area contributed by atoms with Gasteiger partial charge in [-0.2, -0.15) is 0 Å². The summed E-state index contributed by atoms with van der Waals surface area (Å²) in [7, 11) is 1.69. The number of para-hydroxylation sites is 2. The number of dihydropyridines is 1. The fourth-order valence-electron chi connectivity index (χ4n) is 3.61. The number of likely N-dealkylation sites (N-methyl/N-ethyl adjacent to an activating group) is 1. The lowest BCUT2D eigenvalue weighted by atomic mass is 9.85. The summed E-state index contributed by atoms with van der Waals surface area (Å²) in [6.45, 7) is 8.59. The molecule has 3 rings (SSSR count). The maximum atomic E-state index is 12.9. The quantitative estimate of drug-likeness (QED) is 0.869. The molecule has 150 valence electrons. The molecule has 0 fully saturated rings. The van der Waals surface area contributed by atoms with Gasteiger partial charge in [0.05, 0.1) is 11.7 Å². The fraction of sp³-hybridized carbons (Fsp3) is 0.500. The number of ether oxygens (including phenoxy) is 1. The van der Waals surface area contributed by atoms with Crippen LogP contribution in [0.1, 0.15) is 34.1 Å². The van der Waals surface area contributed by atoms with Gasteiger partial charge >= 0.3 is 0 Å². The number of hydrogen-bond donors (Lipinski definition) is 1. The monoisotopic (exact) mass is 383 g/mol. The second-order valence-electron chi connectivity index (χ2n) is 8.06. The van der Waals surface area contributed by atoms with Crippen molar-refractivity contribution in [3.8, 4) is 5.75 Å². The van der Waals surface area contributed by atoms with Crippen molar-refractivity contribution in [2.45, 2.75) is 46.2 Å². The zero-order valence-corrected chi connectivity index (χ0v) is 17.2. The van der Waals surface area contributed by atoms with E-state index in [1.54, 1.807) is 7.05 Å². The zero-order valence-electron chi connectivity index (χ0n) is 17.2. The second kappa shape index (κ2) is 8.17. The maximum absolute atomic E-state index is 12.9. The number of anilines is 1. The first-order chi connectivity index (χ1) is 13.3. The van der Waals surface area contributed by atoms with Crippen molar-refractivity contribution in [2.75, 3.05) is 18.6 Å². The Labute approximate surface area is 166 Å². The molecule has 2 aliphatic rings. The first-order valence-electron chi connectivity index (χ1n) is 9.86. The van der Waals surface area contributed by atoms with Gasteiger partial charge in [0, 0.05) is 7.05 Å². The normalized spacial score (nSPS) is 24.7. The van der Waals surface area contributed by atoms with Crippen LogP contribution in [0.2, 0.25) is 0 Å². The average Bonchev–Trinajstić information content (AvgIpc) is 2.77. The number of hydrogen-bond acceptors (Lipinski definition) is 4. The molecule has 0 aromatic heterocycles. The minimum atomic E-state index is -0.760. The van der Waals surface area contributed by atoms with Crippen molar-refractivity contribution in [1.82, 2.24) is 5.32 Å². The Balaban J connectivity index is 1.76. The van der Waals surface area contributed by atoms with E-state index in [4.69, 9.17) is 4.74 Å². The van der Waals surface area contributed by atoms with E-state index < -0.39 is 6.04 Å². The van der Waals surface area contributed by atoms with E-state index in [1.807, 2.05) is 37.3 Å². The molecule has 0 saturated carbocycles. The van der Waals surface area contributed by atoms with Gasteiger partial charge in [-0.05, 0) is 43.4 Å². The highest BCUT2D eigenvalue weighted by Gasteiger charge is 2.32. The van der Waals surface area contributed by atoms with Crippen LogP contribution in [0.3, 0.4) is 0 Å². The maximum Gasteiger partial charge on any atom is 0.270 e. The molecule has 6 nitrogen and oxygen atoms in total. The minimum Gasteiger partial charge on any atom is -0.489 e. The van der Waals surface area contributed by atoms with Gasteiger partial charge in [-0.25, -0.2) is 0 Å². The molecule has 0 bridgehead atoms. The number of benzene rings is 1. The molecule has 6 heteroatoms. The Hall–Kier alpha value is -2.63. The molecule has 3 atom stereocenters. The van der Waals surface area contributed by atoms with E-state index >= 15 is 0 Å². The van der Waals surface area contributed by atoms with E-state index in [2.05, 4.69) is 31.1 Å². The highest BCUT2D eigenvalue weighted by molar-refractivity contribution is 6.44. The molecular weight excluding hydrogens is 354 g/mol. The number of nitrogens with zero attached hydrogens (tertiary/aromatic N) is 2. The Morgan fingerprint density at radius 3 is 2.75 bits per heavy atom. The summed E-state index contributed by atoms with van der Waals surface area (Å²) >= 11 is 0. The third kappa shape index (κ3) is 4.11. The number of amides is 2. The molecule has 0 spiro atoms. The molecule has 0 saturated heterocycles. The number of nitrogens with one attached hydrogen (secondary N) is 1. The van der Waals surface area contributed by atoms with Gasteiger partial charge in [0.15, 0.2) is 0 Å². The van der Waals surface area contributed by atoms with Crippen molar-refractivity contribution in [2.24, 2.45) is 16.8 Å². The van der Waals surface area contributed by atoms with Crippen LogP contribution in [0, 0.1) is 11.8 Å². The Morgan fingerprint density at radius 1 is 1.32 bits per heavy atom. The SMILES string of the molecule is CC(C)CC1=CC(C(=O)N[C@H]2COc3ccccc3N(C)C2=O)=N[C@@H](C)[C@H]1C. The van der Waals surface area contributed by atoms with Crippen LogP contribution in [-0.4, -0.2) is 43.3 Å². The standard InChI is InChI=1S/C22H29N3O3/c1-13(2)10-16-11-17(23-15(4)14(16)3)21(26)24-18-12-28-20-9-7-6-8-19(20)25(5)22(18)27/h6-9,11,13-15,18H,10,12H2,1-5H3,(H,24,26)/t14-,15+,18+/m1/s1. The number of aliphatic imine (C=N–C) groups is 1. The van der Waals surface area contributed by atoms with Crippen LogP contribution in [0.25, 0.3) is 0 Å². The summed E-state index contributed by atoms with van der Waals surface area (Å²) in [5.74, 6) is 0.908. The number of fused-ring (bicyclic) bond motifs is 1. The molecule has 0 unspecified atom stereocenters. The zero-order chi connectivity index (χ0) is 20.4. The van der Waals surface area contributed by atoms with Gasteiger partial charge in [-0.15, -0.1) is 0 Å². The van der Waals surface area contributed by atoms with Gasteiger partial charge in [0.2, 0.25) is 0 Å². The molecule has 2 amide bonds. The third-order valence-electron chi connectivity index (χ3n) is 5.42. The topological polar surface area (TPSA) is 71.0 Å². The summed E-state index contributed by atoms with van der Waals surface area (Å²) in [5.41, 5.74) is 2.31. The third-order valence-corrected chi connectivity index (χ3v) is 5.42. The summed E-state index contributed by atoms with van der Waals surface area (Å²) in [5, 5.41) is 2.82. The second-order valence-corrected chi connectivity index (χ2v) is 8.06. The van der Waals surface area contributed by atoms with Gasteiger partial charge in [0.25, 0.3) is 11.8 Å². The van der Waals surface area contributed by atoms with Crippen LogP contribution in [0.15, 0.2) is 40.9 Å². The van der Waals surface area contributed by atoms with Gasteiger partial charge in [-0.3, -0.25) is 14.6 Å². The van der Waals surface area contributed by atoms with Crippen molar-refractivity contribution in [3.63, 3.8) is 0 Å². The van der Waals surface area contributed by atoms with Crippen LogP contribution in [0.4, 0.5) is 5.69 Å². The van der Waals surface area contributed by atoms with Gasteiger partial charge in [0.1, 0.15) is 24.1 Å². The number of rotatable bonds is 4. The van der Waals surface area contributed by atoms with Crippen molar-refractivity contribution < 1.29 is 14.3 Å². The predicted octanol–water partition coefficient (Wildman–Crippen LogP) is 2.98. The first-order valence-corrected chi connectivity index (χ1v) is 9.86. The van der Waals surface area contributed by atoms with Crippen molar-refractivity contribution in [1.29, 1.82) is 0 Å². The van der Waals surface area contributed by atoms with Crippen LogP contribution < -0.4 is 15.0 Å². The van der Waals surface area contributed by atoms with Crippen molar-refractivity contribution in [3.05, 3.63) is 35.9 Å². The Morgan fingerprint density at radius 2 is 2.04 bits per heavy atom. The fourth-order valence-corrected chi connectivity index (χ4v) is 3.61. The lowest BCUT2D eigenvalue weighted by Gasteiger charge is -2.27. The minimum absolute atomic E-state index is 0.0347. The highest BCUT2D eigenvalue weighted by atomic mass is 16.5. The van der Waals surface area contributed by atoms with E-state index in [0.717, 1.165) is 6.42 Å². The van der Waals surface area contributed by atoms with Crippen LogP contribution in [0.5, 0.6) is 5.75 Å². The molecule has 28 heavy (non-hydrogen) atoms. The van der Waals surface area contributed by atoms with Gasteiger partial charge < -0.3 is 15.0 Å². The number of carbonyl (C=O) groups is 2. The lowest BCUT2D eigenvalue weighted by molar-refractivity contribution is -0.124. The molecular formula is C22H29N3O3. The predicted molar refractivity (Wildman–Crippen MR) is 111 cm³/mol. The van der Waals surface area contributed by atoms with Crippen molar-refractivity contribution >= 4 is 23.2 Å². The highest BCUT2D eigenvalue weighted by Crippen LogP contribution is 2.30. The summed E-state index contributed by atoms with van der Waals surface area (Å²) in [4.78, 5) is 31.8. The largest absolute Gasteiger partial charge is 0.489 e. The van der Waals surface area contributed by atoms with Crippen LogP contribution >= 0.6 is 0 Å². The summed E-state index contributed by atoms with van der Waals surface area (Å²) in [6, 6.07) is 6.63. The molecule has 0 radical (unpaired) electrons. The summed E-state index contributed by atoms with van der Waals surface area (Å²) in [6.07, 6.45) is 2.82. The van der Waals surface area contributed by atoms with E-state index in [1.165, 1.54) is 10.5 Å². The van der Waals surface area contributed by atoms with Gasteiger partial charge in [-0.1, -0.05) is 38.5 Å². The van der Waals surface area contributed by atoms with E-state index in [9.17, 15) is 9.59 Å². The van der Waals surface area contributed by atoms with E-state index in [-0.39, 0.29) is 24.5 Å². The van der Waals surface area contributed by atoms with E-state index in [0.29, 0.717) is 29.0 Å². The average molecular weight is 383 g/mol. The van der Waals surface area contributed by atoms with Crippen LogP contribution in [-0.2, 0) is 9.59 Å². The Bertz CT molecular complexity index is 828.